The highest BCUT2D eigenvalue weighted by Gasteiger charge is 2.15. The predicted molar refractivity (Wildman–Crippen MR) is 73.9 cm³/mol. The first-order valence-corrected chi connectivity index (χ1v) is 6.54. The molecule has 0 aliphatic rings. The third kappa shape index (κ3) is 2.56. The number of nitrogens with zero attached hydrogens (tertiary/aromatic N) is 2. The summed E-state index contributed by atoms with van der Waals surface area (Å²) in [7, 11) is 0. The maximum Gasteiger partial charge on any atom is 0.136 e. The summed E-state index contributed by atoms with van der Waals surface area (Å²) < 4.78 is 15.4. The number of halogens is 2. The van der Waals surface area contributed by atoms with Gasteiger partial charge in [0.2, 0.25) is 0 Å². The Morgan fingerprint density at radius 3 is 2.44 bits per heavy atom. The van der Waals surface area contributed by atoms with Gasteiger partial charge in [-0.15, -0.1) is 0 Å². The summed E-state index contributed by atoms with van der Waals surface area (Å²) in [5.74, 6) is 0.662. The van der Waals surface area contributed by atoms with Gasteiger partial charge in [-0.2, -0.15) is 5.10 Å². The summed E-state index contributed by atoms with van der Waals surface area (Å²) in [4.78, 5) is 0. The SMILES string of the molecule is CC(C)c1nn(Cc2ccc(F)cc2)c(N)c1Br. The Morgan fingerprint density at radius 2 is 1.94 bits per heavy atom. The molecule has 0 saturated carbocycles. The molecule has 0 bridgehead atoms. The highest BCUT2D eigenvalue weighted by molar-refractivity contribution is 9.10. The van der Waals surface area contributed by atoms with Crippen molar-refractivity contribution in [2.24, 2.45) is 0 Å². The molecule has 2 aromatic rings. The van der Waals surface area contributed by atoms with Gasteiger partial charge in [0, 0.05) is 0 Å². The van der Waals surface area contributed by atoms with Gasteiger partial charge < -0.3 is 5.73 Å². The van der Waals surface area contributed by atoms with Crippen LogP contribution in [0.1, 0.15) is 31.0 Å². The average molecular weight is 312 g/mol. The van der Waals surface area contributed by atoms with Gasteiger partial charge in [0.25, 0.3) is 0 Å². The van der Waals surface area contributed by atoms with E-state index in [0.29, 0.717) is 18.3 Å². The van der Waals surface area contributed by atoms with E-state index in [1.165, 1.54) is 12.1 Å². The van der Waals surface area contributed by atoms with Crippen molar-refractivity contribution in [3.05, 3.63) is 45.8 Å². The van der Waals surface area contributed by atoms with Crippen LogP contribution in [-0.2, 0) is 6.54 Å². The number of rotatable bonds is 3. The minimum absolute atomic E-state index is 0.240. The number of hydrogen-bond acceptors (Lipinski definition) is 2. The highest BCUT2D eigenvalue weighted by atomic mass is 79.9. The number of aromatic nitrogens is 2. The van der Waals surface area contributed by atoms with Crippen LogP contribution in [-0.4, -0.2) is 9.78 Å². The number of nitrogen functional groups attached to an aromatic ring is 1. The lowest BCUT2D eigenvalue weighted by Crippen LogP contribution is -2.06. The first-order valence-electron chi connectivity index (χ1n) is 5.75. The van der Waals surface area contributed by atoms with Crippen LogP contribution < -0.4 is 5.73 Å². The molecule has 2 N–H and O–H groups in total. The zero-order valence-electron chi connectivity index (χ0n) is 10.3. The van der Waals surface area contributed by atoms with Crippen molar-refractivity contribution in [1.29, 1.82) is 0 Å². The Labute approximate surface area is 114 Å². The van der Waals surface area contributed by atoms with E-state index < -0.39 is 0 Å². The van der Waals surface area contributed by atoms with Crippen molar-refractivity contribution >= 4 is 21.7 Å². The molecule has 1 aromatic heterocycles. The monoisotopic (exact) mass is 311 g/mol. The third-order valence-electron chi connectivity index (χ3n) is 2.75. The summed E-state index contributed by atoms with van der Waals surface area (Å²) >= 11 is 3.46. The largest absolute Gasteiger partial charge is 0.383 e. The molecule has 3 nitrogen and oxygen atoms in total. The van der Waals surface area contributed by atoms with Crippen LogP contribution in [0.3, 0.4) is 0 Å². The maximum absolute atomic E-state index is 12.8. The van der Waals surface area contributed by atoms with Crippen LogP contribution >= 0.6 is 15.9 Å². The van der Waals surface area contributed by atoms with Gasteiger partial charge >= 0.3 is 0 Å². The third-order valence-corrected chi connectivity index (χ3v) is 3.56. The summed E-state index contributed by atoms with van der Waals surface area (Å²) in [6, 6.07) is 6.35. The molecule has 96 valence electrons. The Bertz CT molecular complexity index is 546. The maximum atomic E-state index is 12.8. The molecular weight excluding hydrogens is 297 g/mol. The number of hydrogen-bond donors (Lipinski definition) is 1. The second-order valence-corrected chi connectivity index (χ2v) is 5.32. The lowest BCUT2D eigenvalue weighted by Gasteiger charge is -2.04. The van der Waals surface area contributed by atoms with Gasteiger partial charge in [0.05, 0.1) is 16.7 Å². The Kier molecular flexibility index (Phi) is 3.71. The summed E-state index contributed by atoms with van der Waals surface area (Å²) in [6.07, 6.45) is 0. The average Bonchev–Trinajstić information content (AvgIpc) is 2.60. The first-order chi connectivity index (χ1) is 8.49. The minimum atomic E-state index is -0.240. The lowest BCUT2D eigenvalue weighted by atomic mass is 10.1. The first kappa shape index (κ1) is 13.1. The molecule has 0 atom stereocenters. The molecule has 0 saturated heterocycles. The quantitative estimate of drug-likeness (QED) is 0.942. The molecule has 0 spiro atoms. The van der Waals surface area contributed by atoms with Gasteiger partial charge in [-0.1, -0.05) is 26.0 Å². The molecule has 5 heteroatoms. The molecule has 0 aliphatic heterocycles. The van der Waals surface area contributed by atoms with Crippen molar-refractivity contribution < 1.29 is 4.39 Å². The number of anilines is 1. The smallest absolute Gasteiger partial charge is 0.136 e. The van der Waals surface area contributed by atoms with Gasteiger partial charge in [-0.05, 0) is 39.5 Å². The van der Waals surface area contributed by atoms with Crippen LogP contribution in [0, 0.1) is 5.82 Å². The van der Waals surface area contributed by atoms with E-state index in [1.807, 2.05) is 0 Å². The van der Waals surface area contributed by atoms with E-state index in [9.17, 15) is 4.39 Å². The standard InChI is InChI=1S/C13H15BrFN3/c1-8(2)12-11(14)13(16)18(17-12)7-9-3-5-10(15)6-4-9/h3-6,8H,7,16H2,1-2H3. The zero-order valence-corrected chi connectivity index (χ0v) is 11.9. The molecular formula is C13H15BrFN3. The summed E-state index contributed by atoms with van der Waals surface area (Å²) in [6.45, 7) is 4.67. The predicted octanol–water partition coefficient (Wildman–Crippen LogP) is 3.54. The van der Waals surface area contributed by atoms with E-state index in [4.69, 9.17) is 5.73 Å². The Morgan fingerprint density at radius 1 is 1.33 bits per heavy atom. The molecule has 0 unspecified atom stereocenters. The van der Waals surface area contributed by atoms with E-state index >= 15 is 0 Å². The molecule has 18 heavy (non-hydrogen) atoms. The van der Waals surface area contributed by atoms with E-state index in [-0.39, 0.29) is 5.82 Å². The molecule has 0 amide bonds. The fraction of sp³-hybridized carbons (Fsp3) is 0.308. The van der Waals surface area contributed by atoms with Gasteiger partial charge in [0.1, 0.15) is 11.6 Å². The van der Waals surface area contributed by atoms with Crippen molar-refractivity contribution in [2.45, 2.75) is 26.3 Å². The van der Waals surface area contributed by atoms with Crippen LogP contribution in [0.2, 0.25) is 0 Å². The summed E-state index contributed by atoms with van der Waals surface area (Å²) in [5.41, 5.74) is 7.90. The van der Waals surface area contributed by atoms with Crippen LogP contribution in [0.4, 0.5) is 10.2 Å². The lowest BCUT2D eigenvalue weighted by molar-refractivity contribution is 0.623. The molecule has 1 aromatic carbocycles. The minimum Gasteiger partial charge on any atom is -0.383 e. The van der Waals surface area contributed by atoms with Crippen LogP contribution in [0.25, 0.3) is 0 Å². The topological polar surface area (TPSA) is 43.8 Å². The normalized spacial score (nSPS) is 11.2. The van der Waals surface area contributed by atoms with Crippen molar-refractivity contribution in [1.82, 2.24) is 9.78 Å². The second kappa shape index (κ2) is 5.10. The van der Waals surface area contributed by atoms with Crippen LogP contribution in [0.5, 0.6) is 0 Å². The van der Waals surface area contributed by atoms with E-state index in [0.717, 1.165) is 15.7 Å². The van der Waals surface area contributed by atoms with Gasteiger partial charge in [-0.3, -0.25) is 0 Å². The van der Waals surface area contributed by atoms with Gasteiger partial charge in [-0.25, -0.2) is 9.07 Å². The molecule has 0 fully saturated rings. The number of benzene rings is 1. The molecule has 2 rings (SSSR count). The molecule has 0 aliphatic carbocycles. The van der Waals surface area contributed by atoms with Crippen LogP contribution in [0.15, 0.2) is 28.7 Å². The summed E-state index contributed by atoms with van der Waals surface area (Å²) in [5, 5.41) is 4.48. The van der Waals surface area contributed by atoms with Crippen molar-refractivity contribution in [2.75, 3.05) is 5.73 Å². The highest BCUT2D eigenvalue weighted by Crippen LogP contribution is 2.29. The Hall–Kier alpha value is -1.36. The molecule has 1 heterocycles. The van der Waals surface area contributed by atoms with Crippen molar-refractivity contribution in [3.8, 4) is 0 Å². The van der Waals surface area contributed by atoms with E-state index in [1.54, 1.807) is 16.8 Å². The molecule has 0 radical (unpaired) electrons. The fourth-order valence-electron chi connectivity index (χ4n) is 1.72. The number of nitrogens with two attached hydrogens (primary N) is 1. The van der Waals surface area contributed by atoms with Gasteiger partial charge in [0.15, 0.2) is 0 Å². The van der Waals surface area contributed by atoms with Crippen molar-refractivity contribution in [3.63, 3.8) is 0 Å². The zero-order chi connectivity index (χ0) is 13.3. The Balaban J connectivity index is 2.29. The van der Waals surface area contributed by atoms with E-state index in [2.05, 4.69) is 34.9 Å². The fourth-order valence-corrected chi connectivity index (χ4v) is 2.47. The second-order valence-electron chi connectivity index (χ2n) is 4.52.